The van der Waals surface area contributed by atoms with Crippen LogP contribution >= 0.6 is 11.3 Å². The van der Waals surface area contributed by atoms with Gasteiger partial charge in [0.2, 0.25) is 0 Å². The number of benzene rings is 1. The van der Waals surface area contributed by atoms with E-state index in [9.17, 15) is 4.79 Å². The first kappa shape index (κ1) is 21.0. The van der Waals surface area contributed by atoms with Gasteiger partial charge in [-0.05, 0) is 51.2 Å². The second-order valence-electron chi connectivity index (χ2n) is 7.50. The molecule has 1 aromatic heterocycles. The van der Waals surface area contributed by atoms with Gasteiger partial charge in [0, 0.05) is 30.1 Å². The molecule has 0 spiro atoms. The molecule has 7 heteroatoms. The quantitative estimate of drug-likeness (QED) is 0.700. The Bertz CT molecular complexity index is 866. The molecule has 0 atom stereocenters. The van der Waals surface area contributed by atoms with Crippen LogP contribution in [0.15, 0.2) is 18.2 Å². The zero-order valence-electron chi connectivity index (χ0n) is 17.8. The lowest BCUT2D eigenvalue weighted by atomic mass is 9.99. The number of nitrogens with one attached hydrogen (secondary N) is 1. The summed E-state index contributed by atoms with van der Waals surface area (Å²) in [6.45, 7) is 7.98. The molecule has 1 aromatic carbocycles. The predicted molar refractivity (Wildman–Crippen MR) is 121 cm³/mol. The van der Waals surface area contributed by atoms with E-state index in [2.05, 4.69) is 16.3 Å². The number of ether oxygens (including phenoxy) is 3. The molecule has 2 aromatic rings. The van der Waals surface area contributed by atoms with E-state index in [1.807, 2.05) is 26.0 Å². The second kappa shape index (κ2) is 9.71. The third kappa shape index (κ3) is 4.57. The van der Waals surface area contributed by atoms with Crippen molar-refractivity contribution in [1.29, 1.82) is 0 Å². The van der Waals surface area contributed by atoms with Crippen LogP contribution in [0.2, 0.25) is 0 Å². The number of thiophene rings is 1. The van der Waals surface area contributed by atoms with Gasteiger partial charge in [-0.25, -0.2) is 0 Å². The van der Waals surface area contributed by atoms with Crippen LogP contribution in [-0.2, 0) is 17.6 Å². The van der Waals surface area contributed by atoms with Crippen molar-refractivity contribution in [3.8, 4) is 11.5 Å². The zero-order valence-corrected chi connectivity index (χ0v) is 18.6. The van der Waals surface area contributed by atoms with E-state index in [1.54, 1.807) is 11.3 Å². The number of anilines is 2. The fourth-order valence-electron chi connectivity index (χ4n) is 4.03. The normalized spacial score (nSPS) is 16.1. The molecule has 6 nitrogen and oxygen atoms in total. The van der Waals surface area contributed by atoms with Gasteiger partial charge in [-0.3, -0.25) is 4.79 Å². The van der Waals surface area contributed by atoms with E-state index < -0.39 is 0 Å². The Labute approximate surface area is 182 Å². The van der Waals surface area contributed by atoms with Gasteiger partial charge >= 0.3 is 0 Å². The Kier molecular flexibility index (Phi) is 6.79. The molecule has 4 rings (SSSR count). The average molecular weight is 431 g/mol. The van der Waals surface area contributed by atoms with E-state index in [4.69, 9.17) is 14.2 Å². The molecule has 162 valence electrons. The summed E-state index contributed by atoms with van der Waals surface area (Å²) in [6.07, 6.45) is 4.58. The lowest BCUT2D eigenvalue weighted by molar-refractivity contribution is 0.103. The van der Waals surface area contributed by atoms with Gasteiger partial charge in [0.05, 0.1) is 42.7 Å². The van der Waals surface area contributed by atoms with Gasteiger partial charge < -0.3 is 24.4 Å². The van der Waals surface area contributed by atoms with Crippen LogP contribution < -0.4 is 19.7 Å². The molecule has 2 aliphatic rings. The summed E-state index contributed by atoms with van der Waals surface area (Å²) in [5.41, 5.74) is 2.96. The molecule has 2 heterocycles. The summed E-state index contributed by atoms with van der Waals surface area (Å²) in [7, 11) is 0. The molecule has 1 fully saturated rings. The number of hydrogen-bond acceptors (Lipinski definition) is 6. The molecule has 0 unspecified atom stereocenters. The Morgan fingerprint density at radius 2 is 1.80 bits per heavy atom. The van der Waals surface area contributed by atoms with Gasteiger partial charge in [0.25, 0.3) is 5.91 Å². The summed E-state index contributed by atoms with van der Waals surface area (Å²) in [5.74, 6) is 1.33. The summed E-state index contributed by atoms with van der Waals surface area (Å²) >= 11 is 1.62. The van der Waals surface area contributed by atoms with Gasteiger partial charge in [0.15, 0.2) is 0 Å². The average Bonchev–Trinajstić information content (AvgIpc) is 3.21. The van der Waals surface area contributed by atoms with Crippen molar-refractivity contribution in [3.63, 3.8) is 0 Å². The number of aryl methyl sites for hydroxylation is 2. The third-order valence-electron chi connectivity index (χ3n) is 5.48. The number of rotatable bonds is 7. The maximum absolute atomic E-state index is 13.0. The third-order valence-corrected chi connectivity index (χ3v) is 6.72. The van der Waals surface area contributed by atoms with E-state index in [0.29, 0.717) is 37.9 Å². The SMILES string of the molecule is CCOc1cc(N2CCOCC2)c(OCC)cc1NC(=O)c1cc2c(s1)CCCC2. The minimum absolute atomic E-state index is 0.0862. The highest BCUT2D eigenvalue weighted by Crippen LogP contribution is 2.40. The van der Waals surface area contributed by atoms with Crippen LogP contribution in [0.3, 0.4) is 0 Å². The minimum Gasteiger partial charge on any atom is -0.492 e. The number of hydrogen-bond donors (Lipinski definition) is 1. The van der Waals surface area contributed by atoms with Crippen LogP contribution in [-0.4, -0.2) is 45.4 Å². The van der Waals surface area contributed by atoms with Gasteiger partial charge in [-0.15, -0.1) is 11.3 Å². The smallest absolute Gasteiger partial charge is 0.265 e. The van der Waals surface area contributed by atoms with Gasteiger partial charge in [-0.1, -0.05) is 0 Å². The molecule has 1 aliphatic carbocycles. The molecule has 30 heavy (non-hydrogen) atoms. The number of amides is 1. The van der Waals surface area contributed by atoms with Crippen LogP contribution in [0.25, 0.3) is 0 Å². The first-order chi connectivity index (χ1) is 14.7. The second-order valence-corrected chi connectivity index (χ2v) is 8.64. The van der Waals surface area contributed by atoms with E-state index >= 15 is 0 Å². The number of morpholine rings is 1. The molecular formula is C23H30N2O4S. The zero-order chi connectivity index (χ0) is 20.9. The van der Waals surface area contributed by atoms with E-state index in [0.717, 1.165) is 42.2 Å². The van der Waals surface area contributed by atoms with Crippen molar-refractivity contribution >= 4 is 28.6 Å². The van der Waals surface area contributed by atoms with Gasteiger partial charge in [-0.2, -0.15) is 0 Å². The van der Waals surface area contributed by atoms with Crippen LogP contribution in [0, 0.1) is 0 Å². The first-order valence-corrected chi connectivity index (χ1v) is 11.7. The molecule has 1 N–H and O–H groups in total. The molecule has 1 amide bonds. The topological polar surface area (TPSA) is 60.0 Å². The van der Waals surface area contributed by atoms with Crippen molar-refractivity contribution in [2.75, 3.05) is 49.7 Å². The monoisotopic (exact) mass is 430 g/mol. The van der Waals surface area contributed by atoms with Gasteiger partial charge in [0.1, 0.15) is 11.5 Å². The van der Waals surface area contributed by atoms with Crippen molar-refractivity contribution in [2.45, 2.75) is 39.5 Å². The Morgan fingerprint density at radius 1 is 1.07 bits per heavy atom. The van der Waals surface area contributed by atoms with E-state index in [-0.39, 0.29) is 5.91 Å². The van der Waals surface area contributed by atoms with Crippen molar-refractivity contribution in [2.24, 2.45) is 0 Å². The fraction of sp³-hybridized carbons (Fsp3) is 0.522. The lowest BCUT2D eigenvalue weighted by Crippen LogP contribution is -2.36. The Morgan fingerprint density at radius 3 is 2.53 bits per heavy atom. The first-order valence-electron chi connectivity index (χ1n) is 10.9. The number of fused-ring (bicyclic) bond motifs is 1. The molecule has 0 saturated carbocycles. The fourth-order valence-corrected chi connectivity index (χ4v) is 5.18. The van der Waals surface area contributed by atoms with Crippen LogP contribution in [0.4, 0.5) is 11.4 Å². The van der Waals surface area contributed by atoms with Crippen LogP contribution in [0.5, 0.6) is 11.5 Å². The standard InChI is InChI=1S/C23H30N2O4S/c1-3-28-19-15-18(25-9-11-27-12-10-25)20(29-4-2)14-17(19)24-23(26)22-13-16-7-5-6-8-21(16)30-22/h13-15H,3-12H2,1-2H3,(H,24,26). The minimum atomic E-state index is -0.0862. The molecule has 1 aliphatic heterocycles. The largest absolute Gasteiger partial charge is 0.492 e. The molecule has 0 bridgehead atoms. The maximum Gasteiger partial charge on any atom is 0.265 e. The number of carbonyl (C=O) groups excluding carboxylic acids is 1. The Hall–Kier alpha value is -2.25. The molecule has 1 saturated heterocycles. The Balaban J connectivity index is 1.62. The lowest BCUT2D eigenvalue weighted by Gasteiger charge is -2.31. The van der Waals surface area contributed by atoms with E-state index in [1.165, 1.54) is 23.3 Å². The number of nitrogens with zero attached hydrogens (tertiary/aromatic N) is 1. The molecule has 0 radical (unpaired) electrons. The highest BCUT2D eigenvalue weighted by molar-refractivity contribution is 7.14. The highest BCUT2D eigenvalue weighted by atomic mass is 32.1. The van der Waals surface area contributed by atoms with Crippen molar-refractivity contribution in [3.05, 3.63) is 33.5 Å². The maximum atomic E-state index is 13.0. The summed E-state index contributed by atoms with van der Waals surface area (Å²) < 4.78 is 17.3. The number of carbonyl (C=O) groups is 1. The van der Waals surface area contributed by atoms with Crippen molar-refractivity contribution in [1.82, 2.24) is 0 Å². The predicted octanol–water partition coefficient (Wildman–Crippen LogP) is 4.51. The summed E-state index contributed by atoms with van der Waals surface area (Å²) in [4.78, 5) is 17.4. The van der Waals surface area contributed by atoms with Crippen LogP contribution in [0.1, 0.15) is 46.8 Å². The highest BCUT2D eigenvalue weighted by Gasteiger charge is 2.22. The van der Waals surface area contributed by atoms with Crippen molar-refractivity contribution < 1.29 is 19.0 Å². The summed E-state index contributed by atoms with van der Waals surface area (Å²) in [5, 5.41) is 3.07. The summed E-state index contributed by atoms with van der Waals surface area (Å²) in [6, 6.07) is 5.93. The molecular weight excluding hydrogens is 400 g/mol.